The number of anilines is 1. The Morgan fingerprint density at radius 1 is 1.10 bits per heavy atom. The van der Waals surface area contributed by atoms with Crippen molar-refractivity contribution < 1.29 is 4.74 Å². The minimum Gasteiger partial charge on any atom is -0.497 e. The van der Waals surface area contributed by atoms with Gasteiger partial charge in [0, 0.05) is 36.4 Å². The number of ether oxygens (including phenoxy) is 1. The summed E-state index contributed by atoms with van der Waals surface area (Å²) in [5.74, 6) is 0.894. The van der Waals surface area contributed by atoms with Gasteiger partial charge in [-0.3, -0.25) is 0 Å². The first-order chi connectivity index (χ1) is 9.81. The molecule has 0 saturated carbocycles. The summed E-state index contributed by atoms with van der Waals surface area (Å²) in [5.41, 5.74) is 3.67. The molecule has 0 unspecified atom stereocenters. The number of nitrogens with one attached hydrogen (secondary N) is 1. The third-order valence-corrected chi connectivity index (χ3v) is 3.61. The Labute approximate surface area is 118 Å². The maximum absolute atomic E-state index is 5.27. The fourth-order valence-electron chi connectivity index (χ4n) is 2.53. The van der Waals surface area contributed by atoms with Gasteiger partial charge in [-0.25, -0.2) is 0 Å². The Balaban J connectivity index is 1.99. The third-order valence-electron chi connectivity index (χ3n) is 3.61. The lowest BCUT2D eigenvalue weighted by Gasteiger charge is -2.11. The van der Waals surface area contributed by atoms with E-state index in [1.165, 1.54) is 22.2 Å². The summed E-state index contributed by atoms with van der Waals surface area (Å²) in [4.78, 5) is 0. The van der Waals surface area contributed by atoms with Crippen molar-refractivity contribution in [3.63, 3.8) is 0 Å². The van der Waals surface area contributed by atoms with Gasteiger partial charge in [-0.1, -0.05) is 18.2 Å². The van der Waals surface area contributed by atoms with Crippen LogP contribution in [-0.2, 0) is 6.54 Å². The van der Waals surface area contributed by atoms with Crippen molar-refractivity contribution in [2.45, 2.75) is 6.54 Å². The van der Waals surface area contributed by atoms with Crippen molar-refractivity contribution in [1.82, 2.24) is 4.57 Å². The lowest BCUT2D eigenvalue weighted by Crippen LogP contribution is -2.01. The molecule has 3 aromatic rings. The Kier molecular flexibility index (Phi) is 3.33. The van der Waals surface area contributed by atoms with Gasteiger partial charge in [-0.15, -0.1) is 0 Å². The van der Waals surface area contributed by atoms with Crippen LogP contribution in [0.2, 0.25) is 0 Å². The van der Waals surface area contributed by atoms with Crippen molar-refractivity contribution in [2.75, 3.05) is 19.5 Å². The van der Waals surface area contributed by atoms with Gasteiger partial charge in [-0.2, -0.15) is 0 Å². The molecule has 0 fully saturated rings. The fraction of sp³-hybridized carbons (Fsp3) is 0.176. The van der Waals surface area contributed by atoms with Crippen LogP contribution in [0.5, 0.6) is 5.75 Å². The van der Waals surface area contributed by atoms with Crippen LogP contribution in [0, 0.1) is 0 Å². The molecule has 3 nitrogen and oxygen atoms in total. The van der Waals surface area contributed by atoms with Gasteiger partial charge in [-0.05, 0) is 35.9 Å². The van der Waals surface area contributed by atoms with E-state index in [0.717, 1.165) is 12.3 Å². The van der Waals surface area contributed by atoms with E-state index in [4.69, 9.17) is 4.74 Å². The molecule has 0 amide bonds. The molecule has 0 bridgehead atoms. The molecule has 0 spiro atoms. The number of aromatic nitrogens is 1. The van der Waals surface area contributed by atoms with Crippen molar-refractivity contribution in [3.8, 4) is 5.75 Å². The minimum atomic E-state index is 0.854. The topological polar surface area (TPSA) is 26.2 Å². The van der Waals surface area contributed by atoms with Crippen LogP contribution in [0.25, 0.3) is 10.9 Å². The number of hydrogen-bond donors (Lipinski definition) is 1. The monoisotopic (exact) mass is 266 g/mol. The Hall–Kier alpha value is -2.42. The van der Waals surface area contributed by atoms with Gasteiger partial charge >= 0.3 is 0 Å². The van der Waals surface area contributed by atoms with Gasteiger partial charge in [0.05, 0.1) is 7.11 Å². The number of nitrogens with zero attached hydrogens (tertiary/aromatic N) is 1. The molecule has 1 N–H and O–H groups in total. The van der Waals surface area contributed by atoms with Gasteiger partial charge in [0.25, 0.3) is 0 Å². The Morgan fingerprint density at radius 3 is 2.75 bits per heavy atom. The number of hydrogen-bond acceptors (Lipinski definition) is 2. The number of fused-ring (bicyclic) bond motifs is 1. The molecule has 1 aromatic heterocycles. The molecule has 0 radical (unpaired) electrons. The van der Waals surface area contributed by atoms with Gasteiger partial charge in [0.1, 0.15) is 5.75 Å². The van der Waals surface area contributed by atoms with Crippen molar-refractivity contribution in [3.05, 3.63) is 60.3 Å². The van der Waals surface area contributed by atoms with E-state index in [9.17, 15) is 0 Å². The molecular weight excluding hydrogens is 248 g/mol. The van der Waals surface area contributed by atoms with Crippen LogP contribution in [0.15, 0.2) is 54.7 Å². The first-order valence-electron chi connectivity index (χ1n) is 6.70. The Morgan fingerprint density at radius 2 is 1.95 bits per heavy atom. The smallest absolute Gasteiger partial charge is 0.119 e. The molecule has 20 heavy (non-hydrogen) atoms. The van der Waals surface area contributed by atoms with Crippen LogP contribution in [-0.4, -0.2) is 18.7 Å². The lowest BCUT2D eigenvalue weighted by molar-refractivity contribution is 0.415. The SMILES string of the molecule is CNc1ccccc1Cn1ccc2cc(OC)ccc21. The van der Waals surface area contributed by atoms with E-state index in [0.29, 0.717) is 0 Å². The minimum absolute atomic E-state index is 0.854. The van der Waals surface area contributed by atoms with Crippen molar-refractivity contribution in [2.24, 2.45) is 0 Å². The number of para-hydroxylation sites is 1. The summed E-state index contributed by atoms with van der Waals surface area (Å²) in [6.07, 6.45) is 2.12. The highest BCUT2D eigenvalue weighted by Gasteiger charge is 2.05. The van der Waals surface area contributed by atoms with E-state index in [-0.39, 0.29) is 0 Å². The van der Waals surface area contributed by atoms with Crippen LogP contribution in [0.3, 0.4) is 0 Å². The highest BCUT2D eigenvalue weighted by atomic mass is 16.5. The summed E-state index contributed by atoms with van der Waals surface area (Å²) in [5, 5.41) is 4.44. The molecule has 0 saturated heterocycles. The largest absolute Gasteiger partial charge is 0.497 e. The molecule has 0 aliphatic rings. The summed E-state index contributed by atoms with van der Waals surface area (Å²) >= 11 is 0. The molecule has 2 aromatic carbocycles. The van der Waals surface area contributed by atoms with Crippen molar-refractivity contribution >= 4 is 16.6 Å². The predicted octanol–water partition coefficient (Wildman–Crippen LogP) is 3.74. The van der Waals surface area contributed by atoms with Gasteiger partial charge < -0.3 is 14.6 Å². The lowest BCUT2D eigenvalue weighted by atomic mass is 10.1. The average Bonchev–Trinajstić information content (AvgIpc) is 2.90. The van der Waals surface area contributed by atoms with Crippen molar-refractivity contribution in [1.29, 1.82) is 0 Å². The maximum Gasteiger partial charge on any atom is 0.119 e. The average molecular weight is 266 g/mol. The zero-order valence-electron chi connectivity index (χ0n) is 11.8. The van der Waals surface area contributed by atoms with Gasteiger partial charge in [0.15, 0.2) is 0 Å². The van der Waals surface area contributed by atoms with E-state index in [1.54, 1.807) is 7.11 Å². The quantitative estimate of drug-likeness (QED) is 0.778. The van der Waals surface area contributed by atoms with Crippen LogP contribution >= 0.6 is 0 Å². The normalized spacial score (nSPS) is 10.7. The van der Waals surface area contributed by atoms with E-state index in [1.807, 2.05) is 19.2 Å². The maximum atomic E-state index is 5.27. The second-order valence-corrected chi connectivity index (χ2v) is 4.78. The predicted molar refractivity (Wildman–Crippen MR) is 83.6 cm³/mol. The molecule has 0 aliphatic heterocycles. The van der Waals surface area contributed by atoms with Crippen LogP contribution < -0.4 is 10.1 Å². The first kappa shape index (κ1) is 12.6. The zero-order chi connectivity index (χ0) is 13.9. The van der Waals surface area contributed by atoms with Gasteiger partial charge in [0.2, 0.25) is 0 Å². The van der Waals surface area contributed by atoms with Crippen LogP contribution in [0.4, 0.5) is 5.69 Å². The second kappa shape index (κ2) is 5.29. The van der Waals surface area contributed by atoms with E-state index < -0.39 is 0 Å². The molecule has 3 rings (SSSR count). The molecular formula is C17H18N2O. The third kappa shape index (κ3) is 2.23. The molecule has 1 heterocycles. The molecule has 102 valence electrons. The summed E-state index contributed by atoms with van der Waals surface area (Å²) in [7, 11) is 3.65. The highest BCUT2D eigenvalue weighted by Crippen LogP contribution is 2.24. The molecule has 0 aliphatic carbocycles. The van der Waals surface area contributed by atoms with E-state index >= 15 is 0 Å². The number of rotatable bonds is 4. The second-order valence-electron chi connectivity index (χ2n) is 4.78. The van der Waals surface area contributed by atoms with Crippen LogP contribution in [0.1, 0.15) is 5.56 Å². The first-order valence-corrected chi connectivity index (χ1v) is 6.70. The summed E-state index contributed by atoms with van der Waals surface area (Å²) in [6.45, 7) is 0.854. The standard InChI is InChI=1S/C17H18N2O/c1-18-16-6-4-3-5-14(16)12-19-10-9-13-11-15(20-2)7-8-17(13)19/h3-11,18H,12H2,1-2H3. The fourth-order valence-corrected chi connectivity index (χ4v) is 2.53. The molecule has 3 heteroatoms. The highest BCUT2D eigenvalue weighted by molar-refractivity contribution is 5.81. The summed E-state index contributed by atoms with van der Waals surface area (Å²) < 4.78 is 7.52. The number of benzene rings is 2. The summed E-state index contributed by atoms with van der Waals surface area (Å²) in [6, 6.07) is 16.7. The zero-order valence-corrected chi connectivity index (χ0v) is 11.8. The Bertz CT molecular complexity index is 731. The number of methoxy groups -OCH3 is 1. The van der Waals surface area contributed by atoms with E-state index in [2.05, 4.69) is 52.5 Å². The molecule has 0 atom stereocenters.